The number of carboxylic acids is 1. The summed E-state index contributed by atoms with van der Waals surface area (Å²) in [6.45, 7) is 0. The molecule has 0 unspecified atom stereocenters. The Labute approximate surface area is 148 Å². The molecule has 25 heavy (non-hydrogen) atoms. The van der Waals surface area contributed by atoms with E-state index in [9.17, 15) is 4.79 Å². The van der Waals surface area contributed by atoms with Crippen molar-refractivity contribution in [1.29, 1.82) is 0 Å². The second kappa shape index (κ2) is 7.19. The maximum absolute atomic E-state index is 10.8. The lowest BCUT2D eigenvalue weighted by molar-refractivity contribution is 0.0697. The maximum Gasteiger partial charge on any atom is 0.335 e. The number of aromatic carboxylic acids is 1. The highest BCUT2D eigenvalue weighted by molar-refractivity contribution is 6.32. The van der Waals surface area contributed by atoms with Crippen LogP contribution in [0.25, 0.3) is 10.9 Å². The summed E-state index contributed by atoms with van der Waals surface area (Å²) >= 11 is 6.19. The Morgan fingerprint density at radius 2 is 2.00 bits per heavy atom. The highest BCUT2D eigenvalue weighted by Gasteiger charge is 2.05. The lowest BCUT2D eigenvalue weighted by Gasteiger charge is -2.05. The molecule has 0 fully saturated rings. The summed E-state index contributed by atoms with van der Waals surface area (Å²) in [5.41, 5.74) is 5.11. The summed E-state index contributed by atoms with van der Waals surface area (Å²) in [4.78, 5) is 15.2. The lowest BCUT2D eigenvalue weighted by Crippen LogP contribution is -1.97. The van der Waals surface area contributed by atoms with Crippen molar-refractivity contribution in [1.82, 2.24) is 4.98 Å². The zero-order valence-corrected chi connectivity index (χ0v) is 14.0. The number of pyridine rings is 1. The van der Waals surface area contributed by atoms with Crippen LogP contribution in [0.2, 0.25) is 5.15 Å². The third-order valence-corrected chi connectivity index (χ3v) is 3.83. The van der Waals surface area contributed by atoms with Crippen LogP contribution in [0.3, 0.4) is 0 Å². The predicted octanol–water partition coefficient (Wildman–Crippen LogP) is 4.04. The number of nitrogens with one attached hydrogen (secondary N) is 1. The summed E-state index contributed by atoms with van der Waals surface area (Å²) in [5.74, 6) is -0.240. The summed E-state index contributed by atoms with van der Waals surface area (Å²) in [6.07, 6.45) is 1.55. The van der Waals surface area contributed by atoms with E-state index in [1.165, 1.54) is 12.1 Å². The number of benzene rings is 2. The van der Waals surface area contributed by atoms with E-state index in [4.69, 9.17) is 21.4 Å². The van der Waals surface area contributed by atoms with E-state index in [0.29, 0.717) is 16.4 Å². The van der Waals surface area contributed by atoms with Gasteiger partial charge < -0.3 is 9.84 Å². The van der Waals surface area contributed by atoms with Crippen LogP contribution in [0.4, 0.5) is 5.69 Å². The Morgan fingerprint density at radius 3 is 2.68 bits per heavy atom. The molecular weight excluding hydrogens is 342 g/mol. The molecule has 0 radical (unpaired) electrons. The van der Waals surface area contributed by atoms with Crippen molar-refractivity contribution in [2.45, 2.75) is 0 Å². The van der Waals surface area contributed by atoms with E-state index in [0.717, 1.165) is 16.7 Å². The van der Waals surface area contributed by atoms with Gasteiger partial charge >= 0.3 is 5.97 Å². The van der Waals surface area contributed by atoms with Gasteiger partial charge in [-0.2, -0.15) is 5.10 Å². The molecule has 3 aromatic rings. The Kier molecular flexibility index (Phi) is 4.81. The molecule has 0 aliphatic carbocycles. The molecule has 0 saturated carbocycles. The average Bonchev–Trinajstić information content (AvgIpc) is 2.62. The minimum atomic E-state index is -0.973. The number of ether oxygens (including phenoxy) is 1. The largest absolute Gasteiger partial charge is 0.497 e. The zero-order valence-electron chi connectivity index (χ0n) is 13.2. The number of hydrogen-bond acceptors (Lipinski definition) is 5. The van der Waals surface area contributed by atoms with Gasteiger partial charge in [0.1, 0.15) is 10.9 Å². The Bertz CT molecular complexity index is 956. The van der Waals surface area contributed by atoms with Crippen molar-refractivity contribution in [3.8, 4) is 5.75 Å². The quantitative estimate of drug-likeness (QED) is 0.410. The molecule has 6 nitrogen and oxygen atoms in total. The van der Waals surface area contributed by atoms with E-state index < -0.39 is 5.97 Å². The third kappa shape index (κ3) is 3.87. The number of rotatable bonds is 5. The number of anilines is 1. The number of hydrazone groups is 1. The van der Waals surface area contributed by atoms with Gasteiger partial charge in [-0.3, -0.25) is 5.43 Å². The molecule has 126 valence electrons. The van der Waals surface area contributed by atoms with Crippen molar-refractivity contribution < 1.29 is 14.6 Å². The van der Waals surface area contributed by atoms with Gasteiger partial charge in [0, 0.05) is 10.9 Å². The Balaban J connectivity index is 1.80. The number of methoxy groups -OCH3 is 1. The SMILES string of the molecule is COc1ccc2nc(Cl)c(C=NNc3ccc(C(=O)O)cc3)cc2c1. The molecule has 2 N–H and O–H groups in total. The van der Waals surface area contributed by atoms with E-state index in [1.54, 1.807) is 25.5 Å². The minimum Gasteiger partial charge on any atom is -0.497 e. The van der Waals surface area contributed by atoms with Crippen LogP contribution in [0.5, 0.6) is 5.75 Å². The summed E-state index contributed by atoms with van der Waals surface area (Å²) in [5, 5.41) is 14.2. The van der Waals surface area contributed by atoms with Crippen molar-refractivity contribution in [3.05, 3.63) is 64.8 Å². The Hall–Kier alpha value is -3.12. The molecule has 0 bridgehead atoms. The molecule has 0 aliphatic heterocycles. The van der Waals surface area contributed by atoms with Gasteiger partial charge in [0.2, 0.25) is 0 Å². The molecule has 1 aromatic heterocycles. The summed E-state index contributed by atoms with van der Waals surface area (Å²) in [6, 6.07) is 13.6. The molecule has 0 atom stereocenters. The number of nitrogens with zero attached hydrogens (tertiary/aromatic N) is 2. The molecule has 0 amide bonds. The number of fused-ring (bicyclic) bond motifs is 1. The smallest absolute Gasteiger partial charge is 0.335 e. The van der Waals surface area contributed by atoms with E-state index in [-0.39, 0.29) is 5.56 Å². The fourth-order valence-corrected chi connectivity index (χ4v) is 2.42. The molecular formula is C18H14ClN3O3. The highest BCUT2D eigenvalue weighted by atomic mass is 35.5. The van der Waals surface area contributed by atoms with Gasteiger partial charge in [0.05, 0.1) is 30.1 Å². The number of carboxylic acid groups (broad SMARTS) is 1. The number of hydrogen-bond donors (Lipinski definition) is 2. The minimum absolute atomic E-state index is 0.213. The zero-order chi connectivity index (χ0) is 17.8. The molecule has 0 saturated heterocycles. The second-order valence-corrected chi connectivity index (χ2v) is 5.54. The summed E-state index contributed by atoms with van der Waals surface area (Å²) < 4.78 is 5.21. The third-order valence-electron chi connectivity index (χ3n) is 3.53. The first kappa shape index (κ1) is 16.7. The Morgan fingerprint density at radius 1 is 1.24 bits per heavy atom. The molecule has 3 rings (SSSR count). The van der Waals surface area contributed by atoms with E-state index in [2.05, 4.69) is 15.5 Å². The van der Waals surface area contributed by atoms with Crippen molar-refractivity contribution in [2.24, 2.45) is 5.10 Å². The van der Waals surface area contributed by atoms with Crippen LogP contribution >= 0.6 is 11.6 Å². The topological polar surface area (TPSA) is 83.8 Å². The van der Waals surface area contributed by atoms with E-state index in [1.807, 2.05) is 24.3 Å². The van der Waals surface area contributed by atoms with Crippen LogP contribution in [-0.4, -0.2) is 29.4 Å². The second-order valence-electron chi connectivity index (χ2n) is 5.18. The molecule has 2 aromatic carbocycles. The van der Waals surface area contributed by atoms with Gasteiger partial charge in [-0.25, -0.2) is 9.78 Å². The van der Waals surface area contributed by atoms with Crippen LogP contribution in [0.15, 0.2) is 53.6 Å². The van der Waals surface area contributed by atoms with Crippen molar-refractivity contribution in [2.75, 3.05) is 12.5 Å². The predicted molar refractivity (Wildman–Crippen MR) is 97.9 cm³/mol. The van der Waals surface area contributed by atoms with Gasteiger partial charge in [-0.15, -0.1) is 0 Å². The van der Waals surface area contributed by atoms with Crippen LogP contribution in [-0.2, 0) is 0 Å². The number of aromatic nitrogens is 1. The van der Waals surface area contributed by atoms with Crippen molar-refractivity contribution in [3.63, 3.8) is 0 Å². The first-order valence-corrected chi connectivity index (χ1v) is 7.71. The van der Waals surface area contributed by atoms with Crippen LogP contribution in [0.1, 0.15) is 15.9 Å². The number of halogens is 1. The van der Waals surface area contributed by atoms with Gasteiger partial charge in [0.25, 0.3) is 0 Å². The molecule has 0 spiro atoms. The monoisotopic (exact) mass is 355 g/mol. The normalized spacial score (nSPS) is 11.0. The lowest BCUT2D eigenvalue weighted by atomic mass is 10.1. The van der Waals surface area contributed by atoms with Crippen LogP contribution < -0.4 is 10.2 Å². The fourth-order valence-electron chi connectivity index (χ4n) is 2.23. The first-order valence-electron chi connectivity index (χ1n) is 7.33. The fraction of sp³-hybridized carbons (Fsp3) is 0.0556. The van der Waals surface area contributed by atoms with Crippen LogP contribution in [0, 0.1) is 0 Å². The molecule has 7 heteroatoms. The van der Waals surface area contributed by atoms with Gasteiger partial charge in [-0.05, 0) is 48.5 Å². The summed E-state index contributed by atoms with van der Waals surface area (Å²) in [7, 11) is 1.60. The van der Waals surface area contributed by atoms with Gasteiger partial charge in [-0.1, -0.05) is 11.6 Å². The standard InChI is InChI=1S/C18H14ClN3O3/c1-25-15-6-7-16-12(9-15)8-13(17(19)21-16)10-20-22-14-4-2-11(3-5-14)18(23)24/h2-10,22H,1H3,(H,23,24). The number of carbonyl (C=O) groups is 1. The van der Waals surface area contributed by atoms with E-state index >= 15 is 0 Å². The van der Waals surface area contributed by atoms with Gasteiger partial charge in [0.15, 0.2) is 0 Å². The molecule has 1 heterocycles. The highest BCUT2D eigenvalue weighted by Crippen LogP contribution is 2.23. The maximum atomic E-state index is 10.8. The first-order chi connectivity index (χ1) is 12.1. The molecule has 0 aliphatic rings. The van der Waals surface area contributed by atoms with Crippen molar-refractivity contribution >= 4 is 40.4 Å². The average molecular weight is 356 g/mol.